The van der Waals surface area contributed by atoms with Gasteiger partial charge in [0, 0.05) is 18.8 Å². The van der Waals surface area contributed by atoms with Crippen LogP contribution in [0.15, 0.2) is 62.8 Å². The number of nitrogens with one attached hydrogen (secondary N) is 1. The zero-order chi connectivity index (χ0) is 26.8. The predicted molar refractivity (Wildman–Crippen MR) is 139 cm³/mol. The lowest BCUT2D eigenvalue weighted by atomic mass is 9.99. The zero-order valence-electron chi connectivity index (χ0n) is 20.4. The number of benzene rings is 2. The van der Waals surface area contributed by atoms with Crippen LogP contribution in [0.2, 0.25) is 0 Å². The van der Waals surface area contributed by atoms with Crippen molar-refractivity contribution in [2.24, 2.45) is 11.1 Å². The number of hydrogen-bond acceptors (Lipinski definition) is 7. The molecule has 0 aliphatic carbocycles. The van der Waals surface area contributed by atoms with Gasteiger partial charge in [-0.15, -0.1) is 0 Å². The van der Waals surface area contributed by atoms with E-state index < -0.39 is 26.0 Å². The molecule has 196 valence electrons. The van der Waals surface area contributed by atoms with Crippen LogP contribution >= 0.6 is 0 Å². The Bertz CT molecular complexity index is 1530. The van der Waals surface area contributed by atoms with Gasteiger partial charge in [0.15, 0.2) is 10.7 Å². The summed E-state index contributed by atoms with van der Waals surface area (Å²) in [6, 6.07) is 13.2. The van der Waals surface area contributed by atoms with Crippen LogP contribution in [0.25, 0.3) is 12.2 Å². The van der Waals surface area contributed by atoms with Gasteiger partial charge in [0.2, 0.25) is 26.0 Å². The second kappa shape index (κ2) is 10.6. The van der Waals surface area contributed by atoms with Crippen LogP contribution in [0.3, 0.4) is 0 Å². The Labute approximate surface area is 216 Å². The van der Waals surface area contributed by atoms with Gasteiger partial charge in [-0.3, -0.25) is 4.79 Å². The van der Waals surface area contributed by atoms with Crippen LogP contribution in [0.4, 0.5) is 5.69 Å². The third-order valence-electron chi connectivity index (χ3n) is 6.14. The van der Waals surface area contributed by atoms with Crippen LogP contribution < -0.4 is 10.5 Å². The summed E-state index contributed by atoms with van der Waals surface area (Å²) >= 11 is 0. The van der Waals surface area contributed by atoms with E-state index in [0.29, 0.717) is 18.5 Å². The van der Waals surface area contributed by atoms with Gasteiger partial charge in [-0.1, -0.05) is 41.1 Å². The molecule has 4 rings (SSSR count). The Morgan fingerprint density at radius 3 is 2.38 bits per heavy atom. The third-order valence-corrected chi connectivity index (χ3v) is 9.09. The SMILES string of the molecule is Cc1ccc(C=Cc2onc(C)c2S(=O)(=O)N2CCCC(C(=O)Nc3ccc(S(N)(=O)=O)cc3)C2)cc1. The van der Waals surface area contributed by atoms with Crippen molar-refractivity contribution in [1.82, 2.24) is 9.46 Å². The number of primary sulfonamides is 1. The number of anilines is 1. The molecule has 0 saturated carbocycles. The molecular formula is C25H28N4O6S2. The molecule has 1 aromatic heterocycles. The number of sulfonamides is 2. The monoisotopic (exact) mass is 544 g/mol. The second-order valence-electron chi connectivity index (χ2n) is 8.97. The topological polar surface area (TPSA) is 153 Å². The molecule has 2 aromatic carbocycles. The molecule has 1 amide bonds. The van der Waals surface area contributed by atoms with E-state index in [2.05, 4.69) is 10.5 Å². The molecule has 12 heteroatoms. The van der Waals surface area contributed by atoms with Crippen molar-refractivity contribution >= 4 is 43.8 Å². The van der Waals surface area contributed by atoms with Crippen LogP contribution in [0.5, 0.6) is 0 Å². The number of nitrogens with two attached hydrogens (primary N) is 1. The molecule has 2 heterocycles. The number of piperidine rings is 1. The summed E-state index contributed by atoms with van der Waals surface area (Å²) in [5.41, 5.74) is 2.62. The lowest BCUT2D eigenvalue weighted by Crippen LogP contribution is -2.43. The van der Waals surface area contributed by atoms with Gasteiger partial charge in [-0.2, -0.15) is 4.31 Å². The van der Waals surface area contributed by atoms with Gasteiger partial charge in [0.05, 0.1) is 10.8 Å². The maximum absolute atomic E-state index is 13.6. The average Bonchev–Trinajstić information content (AvgIpc) is 3.24. The molecule has 0 bridgehead atoms. The molecule has 10 nitrogen and oxygen atoms in total. The maximum Gasteiger partial charge on any atom is 0.248 e. The first kappa shape index (κ1) is 26.7. The summed E-state index contributed by atoms with van der Waals surface area (Å²) in [6.07, 6.45) is 4.35. The van der Waals surface area contributed by atoms with Crippen molar-refractivity contribution in [2.75, 3.05) is 18.4 Å². The van der Waals surface area contributed by atoms with Crippen molar-refractivity contribution in [3.63, 3.8) is 0 Å². The Morgan fingerprint density at radius 2 is 1.73 bits per heavy atom. The molecule has 0 radical (unpaired) electrons. The van der Waals surface area contributed by atoms with Crippen LogP contribution in [-0.4, -0.2) is 45.3 Å². The number of nitrogens with zero attached hydrogens (tertiary/aromatic N) is 2. The minimum absolute atomic E-state index is 0.00480. The highest BCUT2D eigenvalue weighted by Crippen LogP contribution is 2.30. The summed E-state index contributed by atoms with van der Waals surface area (Å²) in [6.45, 7) is 3.81. The first-order valence-corrected chi connectivity index (χ1v) is 14.6. The van der Waals surface area contributed by atoms with Crippen LogP contribution in [0, 0.1) is 19.8 Å². The largest absolute Gasteiger partial charge is 0.355 e. The number of hydrogen-bond donors (Lipinski definition) is 2. The van der Waals surface area contributed by atoms with E-state index >= 15 is 0 Å². The molecule has 3 aromatic rings. The quantitative estimate of drug-likeness (QED) is 0.463. The van der Waals surface area contributed by atoms with E-state index in [1.165, 1.54) is 28.6 Å². The molecule has 3 N–H and O–H groups in total. The zero-order valence-corrected chi connectivity index (χ0v) is 22.1. The van der Waals surface area contributed by atoms with Crippen molar-refractivity contribution < 1.29 is 26.2 Å². The van der Waals surface area contributed by atoms with Gasteiger partial charge in [-0.25, -0.2) is 22.0 Å². The number of amides is 1. The molecule has 1 unspecified atom stereocenters. The standard InChI is InChI=1S/C25H28N4O6S2/c1-17-5-7-19(8-6-17)9-14-23-24(18(2)28-35-23)37(33,34)29-15-3-4-20(16-29)25(30)27-21-10-12-22(13-11-21)36(26,31)32/h5-14,20H,3-4,15-16H2,1-2H3,(H,27,30)(H2,26,31,32). The fourth-order valence-corrected chi connectivity index (χ4v) is 6.41. The van der Waals surface area contributed by atoms with Gasteiger partial charge >= 0.3 is 0 Å². The van der Waals surface area contributed by atoms with E-state index in [4.69, 9.17) is 9.66 Å². The maximum atomic E-state index is 13.6. The molecule has 37 heavy (non-hydrogen) atoms. The van der Waals surface area contributed by atoms with Crippen molar-refractivity contribution in [3.8, 4) is 0 Å². The summed E-state index contributed by atoms with van der Waals surface area (Å²) in [5.74, 6) is -0.822. The normalized spacial score (nSPS) is 17.2. The van der Waals surface area contributed by atoms with E-state index in [1.807, 2.05) is 31.2 Å². The van der Waals surface area contributed by atoms with E-state index in [0.717, 1.165) is 11.1 Å². The average molecular weight is 545 g/mol. The second-order valence-corrected chi connectivity index (χ2v) is 12.4. The van der Waals surface area contributed by atoms with Crippen molar-refractivity contribution in [2.45, 2.75) is 36.5 Å². The Hall–Kier alpha value is -3.32. The Balaban J connectivity index is 1.50. The third kappa shape index (κ3) is 6.16. The molecule has 1 aliphatic rings. The minimum Gasteiger partial charge on any atom is -0.355 e. The Kier molecular flexibility index (Phi) is 7.64. The summed E-state index contributed by atoms with van der Waals surface area (Å²) in [7, 11) is -7.83. The highest BCUT2D eigenvalue weighted by Gasteiger charge is 2.37. The van der Waals surface area contributed by atoms with Gasteiger partial charge in [0.25, 0.3) is 0 Å². The van der Waals surface area contributed by atoms with E-state index in [1.54, 1.807) is 19.1 Å². The summed E-state index contributed by atoms with van der Waals surface area (Å²) in [4.78, 5) is 12.8. The fraction of sp³-hybridized carbons (Fsp3) is 0.280. The minimum atomic E-state index is -3.99. The smallest absolute Gasteiger partial charge is 0.248 e. The van der Waals surface area contributed by atoms with Crippen molar-refractivity contribution in [3.05, 3.63) is 71.1 Å². The number of aromatic nitrogens is 1. The molecule has 1 fully saturated rings. The molecule has 1 aliphatic heterocycles. The van der Waals surface area contributed by atoms with Crippen molar-refractivity contribution in [1.29, 1.82) is 0 Å². The molecule has 1 atom stereocenters. The predicted octanol–water partition coefficient (Wildman–Crippen LogP) is 3.15. The first-order valence-electron chi connectivity index (χ1n) is 11.6. The fourth-order valence-electron chi connectivity index (χ4n) is 4.12. The number of carbonyl (C=O) groups is 1. The van der Waals surface area contributed by atoms with Crippen LogP contribution in [-0.2, 0) is 24.8 Å². The van der Waals surface area contributed by atoms with Gasteiger partial charge < -0.3 is 9.84 Å². The highest BCUT2D eigenvalue weighted by molar-refractivity contribution is 7.89. The molecular weight excluding hydrogens is 516 g/mol. The lowest BCUT2D eigenvalue weighted by molar-refractivity contribution is -0.120. The number of carbonyl (C=O) groups excluding carboxylic acids is 1. The first-order chi connectivity index (χ1) is 17.4. The lowest BCUT2D eigenvalue weighted by Gasteiger charge is -2.31. The van der Waals surface area contributed by atoms with Crippen LogP contribution in [0.1, 0.15) is 35.4 Å². The van der Waals surface area contributed by atoms with Gasteiger partial charge in [0.1, 0.15) is 5.69 Å². The Morgan fingerprint density at radius 1 is 1.05 bits per heavy atom. The highest BCUT2D eigenvalue weighted by atomic mass is 32.2. The number of aryl methyl sites for hydroxylation is 2. The van der Waals surface area contributed by atoms with Gasteiger partial charge in [-0.05, 0) is 62.6 Å². The summed E-state index contributed by atoms with van der Waals surface area (Å²) < 4.78 is 56.7. The summed E-state index contributed by atoms with van der Waals surface area (Å²) in [5, 5.41) is 11.7. The van der Waals surface area contributed by atoms with E-state index in [-0.39, 0.29) is 40.2 Å². The molecule has 0 spiro atoms. The molecule has 1 saturated heterocycles. The van der Waals surface area contributed by atoms with E-state index in [9.17, 15) is 21.6 Å². The number of rotatable bonds is 7.